The van der Waals surface area contributed by atoms with E-state index in [9.17, 15) is 0 Å². The van der Waals surface area contributed by atoms with E-state index in [0.29, 0.717) is 6.61 Å². The van der Waals surface area contributed by atoms with Crippen molar-refractivity contribution >= 4 is 17.3 Å². The van der Waals surface area contributed by atoms with E-state index in [4.69, 9.17) is 17.0 Å². The maximum atomic E-state index is 5.74. The van der Waals surface area contributed by atoms with E-state index in [0.717, 1.165) is 23.8 Å². The molecule has 0 radical (unpaired) electrons. The van der Waals surface area contributed by atoms with E-state index < -0.39 is 0 Å². The summed E-state index contributed by atoms with van der Waals surface area (Å²) in [7, 11) is 1.73. The number of ether oxygens (including phenoxy) is 1. The molecule has 0 bridgehead atoms. The Morgan fingerprint density at radius 3 is 2.55 bits per heavy atom. The summed E-state index contributed by atoms with van der Waals surface area (Å²) in [6, 6.07) is 17.2. The van der Waals surface area contributed by atoms with Crippen molar-refractivity contribution in [1.82, 2.24) is 19.8 Å². The maximum Gasteiger partial charge on any atom is 0.170 e. The lowest BCUT2D eigenvalue weighted by molar-refractivity contribution is 0.164. The Labute approximate surface area is 190 Å². The zero-order valence-electron chi connectivity index (χ0n) is 18.6. The highest BCUT2D eigenvalue weighted by atomic mass is 32.1. The third-order valence-electron chi connectivity index (χ3n) is 6.13. The number of pyridine rings is 1. The van der Waals surface area contributed by atoms with E-state index in [1.165, 1.54) is 28.2 Å². The second-order valence-electron chi connectivity index (χ2n) is 7.99. The van der Waals surface area contributed by atoms with E-state index >= 15 is 0 Å². The smallest absolute Gasteiger partial charge is 0.170 e. The molecule has 5 nitrogen and oxygen atoms in total. The SMILES string of the molecule is CCc1ccc(-n2c(C)cc([C@@H]3[C@H](c4ccccn4)NC(=S)N3CCOC)c2C)cc1. The first-order valence-corrected chi connectivity index (χ1v) is 11.2. The number of nitrogens with zero attached hydrogens (tertiary/aromatic N) is 3. The average molecular weight is 435 g/mol. The third kappa shape index (κ3) is 4.10. The van der Waals surface area contributed by atoms with Crippen LogP contribution < -0.4 is 5.32 Å². The first kappa shape index (κ1) is 21.5. The van der Waals surface area contributed by atoms with E-state index in [1.807, 2.05) is 18.3 Å². The molecule has 1 aliphatic rings. The first-order valence-electron chi connectivity index (χ1n) is 10.8. The number of nitrogens with one attached hydrogen (secondary N) is 1. The van der Waals surface area contributed by atoms with Crippen molar-refractivity contribution in [3.8, 4) is 5.69 Å². The van der Waals surface area contributed by atoms with E-state index in [-0.39, 0.29) is 12.1 Å². The molecule has 0 saturated carbocycles. The van der Waals surface area contributed by atoms with Crippen molar-refractivity contribution in [2.24, 2.45) is 0 Å². The molecule has 1 saturated heterocycles. The van der Waals surface area contributed by atoms with Crippen LogP contribution >= 0.6 is 12.2 Å². The highest BCUT2D eigenvalue weighted by Crippen LogP contribution is 2.41. The van der Waals surface area contributed by atoms with Crippen LogP contribution in [0, 0.1) is 13.8 Å². The van der Waals surface area contributed by atoms with Gasteiger partial charge in [-0.1, -0.05) is 25.1 Å². The standard InChI is InChI=1S/C25H30N4OS/c1-5-19-9-11-20(12-10-19)29-17(2)16-21(18(29)3)24-23(22-8-6-7-13-26-22)27-25(31)28(24)14-15-30-4/h6-13,16,23-24H,5,14-15H2,1-4H3,(H,27,31)/t23-,24+/m0/s1. The van der Waals surface area contributed by atoms with Crippen molar-refractivity contribution in [2.45, 2.75) is 39.3 Å². The number of hydrogen-bond acceptors (Lipinski definition) is 3. The van der Waals surface area contributed by atoms with Crippen LogP contribution in [0.3, 0.4) is 0 Å². The molecule has 6 heteroatoms. The molecule has 0 spiro atoms. The molecule has 3 aromatic rings. The normalized spacial score (nSPS) is 18.5. The van der Waals surface area contributed by atoms with Gasteiger partial charge in [-0.15, -0.1) is 0 Å². The number of rotatable bonds is 7. The van der Waals surface area contributed by atoms with Gasteiger partial charge in [0.2, 0.25) is 0 Å². The van der Waals surface area contributed by atoms with Gasteiger partial charge in [0.05, 0.1) is 24.4 Å². The number of aryl methyl sites for hydroxylation is 2. The van der Waals surface area contributed by atoms with Crippen molar-refractivity contribution in [2.75, 3.05) is 20.3 Å². The second kappa shape index (κ2) is 9.20. The summed E-state index contributed by atoms with van der Waals surface area (Å²) in [6.45, 7) is 7.89. The van der Waals surface area contributed by atoms with Crippen LogP contribution in [-0.4, -0.2) is 39.8 Å². The summed E-state index contributed by atoms with van der Waals surface area (Å²) in [6.07, 6.45) is 2.88. The molecule has 4 rings (SSSR count). The lowest BCUT2D eigenvalue weighted by atomic mass is 9.97. The molecule has 3 heterocycles. The van der Waals surface area contributed by atoms with Gasteiger partial charge in [0, 0.05) is 36.9 Å². The molecule has 0 aliphatic carbocycles. The van der Waals surface area contributed by atoms with Crippen LogP contribution in [0.25, 0.3) is 5.69 Å². The molecule has 2 aromatic heterocycles. The van der Waals surface area contributed by atoms with Gasteiger partial charge in [0.15, 0.2) is 5.11 Å². The minimum absolute atomic E-state index is 0.0121. The molecule has 0 unspecified atom stereocenters. The Morgan fingerprint density at radius 1 is 1.13 bits per heavy atom. The summed E-state index contributed by atoms with van der Waals surface area (Å²) in [5, 5.41) is 4.26. The molecule has 1 N–H and O–H groups in total. The van der Waals surface area contributed by atoms with Gasteiger partial charge in [-0.05, 0) is 73.9 Å². The monoisotopic (exact) mass is 434 g/mol. The molecule has 162 valence electrons. The largest absolute Gasteiger partial charge is 0.383 e. The molecule has 31 heavy (non-hydrogen) atoms. The van der Waals surface area contributed by atoms with Gasteiger partial charge < -0.3 is 19.5 Å². The Kier molecular flexibility index (Phi) is 6.39. The minimum Gasteiger partial charge on any atom is -0.383 e. The van der Waals surface area contributed by atoms with Crippen LogP contribution in [-0.2, 0) is 11.2 Å². The van der Waals surface area contributed by atoms with Crippen molar-refractivity contribution < 1.29 is 4.74 Å². The summed E-state index contributed by atoms with van der Waals surface area (Å²) < 4.78 is 7.71. The van der Waals surface area contributed by atoms with Gasteiger partial charge in [-0.2, -0.15) is 0 Å². The molecular formula is C25H30N4OS. The summed E-state index contributed by atoms with van der Waals surface area (Å²) in [5.41, 5.74) is 7.22. The lowest BCUT2D eigenvalue weighted by Gasteiger charge is -2.28. The van der Waals surface area contributed by atoms with Gasteiger partial charge in [0.25, 0.3) is 0 Å². The zero-order valence-corrected chi connectivity index (χ0v) is 19.4. The number of aromatic nitrogens is 2. The lowest BCUT2D eigenvalue weighted by Crippen LogP contribution is -2.32. The van der Waals surface area contributed by atoms with Crippen LogP contribution in [0.2, 0.25) is 0 Å². The topological polar surface area (TPSA) is 42.3 Å². The quantitative estimate of drug-likeness (QED) is 0.548. The summed E-state index contributed by atoms with van der Waals surface area (Å²) >= 11 is 5.74. The number of thiocarbonyl (C=S) groups is 1. The molecule has 2 atom stereocenters. The first-order chi connectivity index (χ1) is 15.0. The van der Waals surface area contributed by atoms with Crippen LogP contribution in [0.15, 0.2) is 54.7 Å². The molecule has 1 aromatic carbocycles. The molecule has 0 amide bonds. The second-order valence-corrected chi connectivity index (χ2v) is 8.38. The van der Waals surface area contributed by atoms with Crippen molar-refractivity contribution in [3.05, 3.63) is 82.9 Å². The van der Waals surface area contributed by atoms with Crippen LogP contribution in [0.1, 0.15) is 47.2 Å². The van der Waals surface area contributed by atoms with Gasteiger partial charge in [-0.3, -0.25) is 4.98 Å². The Morgan fingerprint density at radius 2 is 1.90 bits per heavy atom. The highest BCUT2D eigenvalue weighted by Gasteiger charge is 2.41. The maximum absolute atomic E-state index is 5.74. The number of benzene rings is 1. The van der Waals surface area contributed by atoms with Gasteiger partial charge in [-0.25, -0.2) is 0 Å². The third-order valence-corrected chi connectivity index (χ3v) is 6.48. The predicted molar refractivity (Wildman–Crippen MR) is 129 cm³/mol. The number of methoxy groups -OCH3 is 1. The Balaban J connectivity index is 1.79. The molecular weight excluding hydrogens is 404 g/mol. The van der Waals surface area contributed by atoms with Gasteiger partial charge in [0.1, 0.15) is 0 Å². The van der Waals surface area contributed by atoms with Crippen LogP contribution in [0.5, 0.6) is 0 Å². The Hall–Kier alpha value is -2.70. The minimum atomic E-state index is -0.0121. The van der Waals surface area contributed by atoms with Gasteiger partial charge >= 0.3 is 0 Å². The average Bonchev–Trinajstić information content (AvgIpc) is 3.27. The molecule has 1 fully saturated rings. The summed E-state index contributed by atoms with van der Waals surface area (Å²) in [5.74, 6) is 0. The van der Waals surface area contributed by atoms with E-state index in [2.05, 4.69) is 76.9 Å². The fraction of sp³-hybridized carbons (Fsp3) is 0.360. The van der Waals surface area contributed by atoms with Crippen molar-refractivity contribution in [1.29, 1.82) is 0 Å². The van der Waals surface area contributed by atoms with Crippen LogP contribution in [0.4, 0.5) is 0 Å². The summed E-state index contributed by atoms with van der Waals surface area (Å²) in [4.78, 5) is 6.88. The zero-order chi connectivity index (χ0) is 22.0. The Bertz CT molecular complexity index is 1050. The number of hydrogen-bond donors (Lipinski definition) is 1. The van der Waals surface area contributed by atoms with Crippen molar-refractivity contribution in [3.63, 3.8) is 0 Å². The fourth-order valence-electron chi connectivity index (χ4n) is 4.54. The fourth-order valence-corrected chi connectivity index (χ4v) is 4.87. The molecule has 1 aliphatic heterocycles. The predicted octanol–water partition coefficient (Wildman–Crippen LogP) is 4.67. The highest BCUT2D eigenvalue weighted by molar-refractivity contribution is 7.80. The van der Waals surface area contributed by atoms with E-state index in [1.54, 1.807) is 7.11 Å².